The molecule has 3 rings (SSSR count). The highest BCUT2D eigenvalue weighted by atomic mass is 35.5. The van der Waals surface area contributed by atoms with E-state index in [0.717, 1.165) is 43.7 Å². The van der Waals surface area contributed by atoms with Gasteiger partial charge in [-0.1, -0.05) is 18.2 Å². The summed E-state index contributed by atoms with van der Waals surface area (Å²) >= 11 is 0. The highest BCUT2D eigenvalue weighted by molar-refractivity contribution is 5.92. The van der Waals surface area contributed by atoms with Crippen molar-refractivity contribution in [2.45, 2.75) is 32.2 Å². The number of benzene rings is 1. The van der Waals surface area contributed by atoms with E-state index < -0.39 is 0 Å². The number of halogens is 1. The molecule has 0 bridgehead atoms. The summed E-state index contributed by atoms with van der Waals surface area (Å²) in [5.41, 5.74) is 1.64. The lowest BCUT2D eigenvalue weighted by Crippen LogP contribution is -2.32. The van der Waals surface area contributed by atoms with E-state index in [1.807, 2.05) is 55.2 Å². The van der Waals surface area contributed by atoms with Crippen LogP contribution in [-0.4, -0.2) is 53.9 Å². The van der Waals surface area contributed by atoms with Gasteiger partial charge >= 0.3 is 0 Å². The first kappa shape index (κ1) is 21.3. The molecule has 1 amide bonds. The molecule has 2 aromatic rings. The molecule has 6 nitrogen and oxygen atoms in total. The second-order valence-electron chi connectivity index (χ2n) is 6.88. The third-order valence-electron chi connectivity index (χ3n) is 4.81. The largest absolute Gasteiger partial charge is 0.493 e. The molecule has 7 heteroatoms. The Labute approximate surface area is 167 Å². The minimum absolute atomic E-state index is 0. The zero-order chi connectivity index (χ0) is 18.4. The topological polar surface area (TPSA) is 59.4 Å². The van der Waals surface area contributed by atoms with Gasteiger partial charge in [0.05, 0.1) is 12.6 Å². The van der Waals surface area contributed by atoms with Gasteiger partial charge in [0.15, 0.2) is 0 Å². The molecule has 0 aliphatic carbocycles. The van der Waals surface area contributed by atoms with Crippen LogP contribution in [0.4, 0.5) is 0 Å². The van der Waals surface area contributed by atoms with Gasteiger partial charge in [0.25, 0.3) is 5.91 Å². The van der Waals surface area contributed by atoms with Gasteiger partial charge in [0, 0.05) is 26.3 Å². The fraction of sp³-hybridized carbons (Fsp3) is 0.500. The molecule has 27 heavy (non-hydrogen) atoms. The van der Waals surface area contributed by atoms with Crippen molar-refractivity contribution >= 4 is 18.3 Å². The van der Waals surface area contributed by atoms with E-state index in [9.17, 15) is 4.79 Å². The molecule has 148 valence electrons. The number of piperidine rings is 1. The number of aromatic nitrogens is 2. The smallest absolute Gasteiger partial charge is 0.274 e. The number of hydrogen-bond donors (Lipinski definition) is 1. The van der Waals surface area contributed by atoms with Crippen LogP contribution in [-0.2, 0) is 0 Å². The molecule has 1 atom stereocenters. The molecule has 1 aliphatic heterocycles. The van der Waals surface area contributed by atoms with Gasteiger partial charge in [0.2, 0.25) is 0 Å². The van der Waals surface area contributed by atoms with E-state index in [1.165, 1.54) is 0 Å². The maximum Gasteiger partial charge on any atom is 0.274 e. The number of hydrogen-bond acceptors (Lipinski definition) is 4. The van der Waals surface area contributed by atoms with Crippen molar-refractivity contribution in [3.8, 4) is 5.75 Å². The third-order valence-corrected chi connectivity index (χ3v) is 4.81. The predicted octanol–water partition coefficient (Wildman–Crippen LogP) is 3.08. The fourth-order valence-electron chi connectivity index (χ4n) is 3.21. The van der Waals surface area contributed by atoms with Gasteiger partial charge in [-0.2, -0.15) is 5.10 Å². The van der Waals surface area contributed by atoms with Gasteiger partial charge in [0.1, 0.15) is 11.4 Å². The number of nitrogens with zero attached hydrogens (tertiary/aromatic N) is 3. The molecule has 1 aromatic heterocycles. The van der Waals surface area contributed by atoms with Crippen molar-refractivity contribution in [3.63, 3.8) is 0 Å². The lowest BCUT2D eigenvalue weighted by atomic mass is 10.1. The summed E-state index contributed by atoms with van der Waals surface area (Å²) in [5.74, 6) is 0.865. The first-order chi connectivity index (χ1) is 12.6. The van der Waals surface area contributed by atoms with Gasteiger partial charge in [-0.3, -0.25) is 9.48 Å². The maximum atomic E-state index is 12.6. The van der Waals surface area contributed by atoms with Crippen LogP contribution in [0.3, 0.4) is 0 Å². The standard InChI is InChI=1S/C20H28N4O2.ClH/c1-16-7-3-4-9-19(16)26-14-6-12-23(2)20(25)18-10-13-24(22-18)17-8-5-11-21-15-17;/h3-4,7,9-10,13,17,21H,5-6,8,11-12,14-15H2,1-2H3;1H. The molecule has 0 saturated carbocycles. The van der Waals surface area contributed by atoms with Crippen LogP contribution in [0.2, 0.25) is 0 Å². The summed E-state index contributed by atoms with van der Waals surface area (Å²) < 4.78 is 7.72. The summed E-state index contributed by atoms with van der Waals surface area (Å²) in [5, 5.41) is 7.87. The van der Waals surface area contributed by atoms with Gasteiger partial charge in [-0.25, -0.2) is 0 Å². The van der Waals surface area contributed by atoms with Gasteiger partial charge < -0.3 is 15.0 Å². The van der Waals surface area contributed by atoms with E-state index in [0.29, 0.717) is 24.9 Å². The average molecular weight is 393 g/mol. The SMILES string of the molecule is Cc1ccccc1OCCCN(C)C(=O)c1ccn(C2CCCNC2)n1.Cl. The lowest BCUT2D eigenvalue weighted by molar-refractivity contribution is 0.0780. The van der Waals surface area contributed by atoms with Crippen LogP contribution in [0.15, 0.2) is 36.5 Å². The molecular formula is C20H29ClN4O2. The third kappa shape index (κ3) is 5.71. The average Bonchev–Trinajstić information content (AvgIpc) is 3.16. The predicted molar refractivity (Wildman–Crippen MR) is 109 cm³/mol. The van der Waals surface area contributed by atoms with Crippen molar-refractivity contribution in [3.05, 3.63) is 47.8 Å². The van der Waals surface area contributed by atoms with Crippen LogP contribution in [0.5, 0.6) is 5.75 Å². The van der Waals surface area contributed by atoms with Gasteiger partial charge in [-0.05, 0) is 50.4 Å². The Balaban J connectivity index is 0.00000261. The summed E-state index contributed by atoms with van der Waals surface area (Å²) in [6, 6.07) is 10.1. The van der Waals surface area contributed by atoms with E-state index in [-0.39, 0.29) is 18.3 Å². The summed E-state index contributed by atoms with van der Waals surface area (Å²) in [7, 11) is 1.82. The quantitative estimate of drug-likeness (QED) is 0.735. The van der Waals surface area contributed by atoms with Crippen molar-refractivity contribution in [2.75, 3.05) is 33.3 Å². The summed E-state index contributed by atoms with van der Waals surface area (Å²) in [4.78, 5) is 14.3. The highest BCUT2D eigenvalue weighted by Gasteiger charge is 2.19. The number of ether oxygens (including phenoxy) is 1. The first-order valence-corrected chi connectivity index (χ1v) is 9.35. The number of carbonyl (C=O) groups excluding carboxylic acids is 1. The second kappa shape index (κ2) is 10.3. The van der Waals surface area contributed by atoms with Crippen LogP contribution >= 0.6 is 12.4 Å². The first-order valence-electron chi connectivity index (χ1n) is 9.35. The molecular weight excluding hydrogens is 364 g/mol. The molecule has 1 saturated heterocycles. The molecule has 1 N–H and O–H groups in total. The number of carbonyl (C=O) groups is 1. The number of aryl methyl sites for hydroxylation is 1. The van der Waals surface area contributed by atoms with E-state index in [4.69, 9.17) is 4.74 Å². The summed E-state index contributed by atoms with van der Waals surface area (Å²) in [6.45, 7) is 5.24. The number of amides is 1. The molecule has 1 aliphatic rings. The Morgan fingerprint density at radius 3 is 2.93 bits per heavy atom. The van der Waals surface area contributed by atoms with Crippen LogP contribution < -0.4 is 10.1 Å². The Kier molecular flexibility index (Phi) is 8.13. The number of rotatable bonds is 7. The number of nitrogens with one attached hydrogen (secondary N) is 1. The molecule has 1 unspecified atom stereocenters. The zero-order valence-corrected chi connectivity index (χ0v) is 16.9. The van der Waals surface area contributed by atoms with Crippen molar-refractivity contribution in [2.24, 2.45) is 0 Å². The van der Waals surface area contributed by atoms with Gasteiger partial charge in [-0.15, -0.1) is 12.4 Å². The normalized spacial score (nSPS) is 16.4. The second-order valence-corrected chi connectivity index (χ2v) is 6.88. The highest BCUT2D eigenvalue weighted by Crippen LogP contribution is 2.17. The molecule has 1 fully saturated rings. The van der Waals surface area contributed by atoms with Crippen molar-refractivity contribution in [1.82, 2.24) is 20.0 Å². The fourth-order valence-corrected chi connectivity index (χ4v) is 3.21. The minimum Gasteiger partial charge on any atom is -0.493 e. The van der Waals surface area contributed by atoms with E-state index >= 15 is 0 Å². The van der Waals surface area contributed by atoms with Crippen LogP contribution in [0.25, 0.3) is 0 Å². The minimum atomic E-state index is -0.0385. The molecule has 2 heterocycles. The van der Waals surface area contributed by atoms with Crippen LogP contribution in [0.1, 0.15) is 41.4 Å². The Morgan fingerprint density at radius 1 is 1.37 bits per heavy atom. The Morgan fingerprint density at radius 2 is 2.19 bits per heavy atom. The molecule has 1 aromatic carbocycles. The van der Waals surface area contributed by atoms with E-state index in [1.54, 1.807) is 4.90 Å². The Hall–Kier alpha value is -2.05. The van der Waals surface area contributed by atoms with Crippen molar-refractivity contribution < 1.29 is 9.53 Å². The lowest BCUT2D eigenvalue weighted by Gasteiger charge is -2.23. The van der Waals surface area contributed by atoms with Crippen LogP contribution in [0, 0.1) is 6.92 Å². The van der Waals surface area contributed by atoms with E-state index in [2.05, 4.69) is 10.4 Å². The number of para-hydroxylation sites is 1. The zero-order valence-electron chi connectivity index (χ0n) is 16.1. The van der Waals surface area contributed by atoms with Crippen molar-refractivity contribution in [1.29, 1.82) is 0 Å². The molecule has 0 radical (unpaired) electrons. The summed E-state index contributed by atoms with van der Waals surface area (Å²) in [6.07, 6.45) is 4.95. The Bertz CT molecular complexity index is 728. The monoisotopic (exact) mass is 392 g/mol. The molecule has 0 spiro atoms. The maximum absolute atomic E-state index is 12.6.